The van der Waals surface area contributed by atoms with Crippen LogP contribution < -0.4 is 9.47 Å². The highest BCUT2D eigenvalue weighted by molar-refractivity contribution is 5.90. The van der Waals surface area contributed by atoms with Crippen molar-refractivity contribution < 1.29 is 9.47 Å². The van der Waals surface area contributed by atoms with Gasteiger partial charge in [-0.1, -0.05) is 30.3 Å². The summed E-state index contributed by atoms with van der Waals surface area (Å²) in [5.41, 5.74) is 4.14. The molecule has 4 rings (SSSR count). The third kappa shape index (κ3) is 3.64. The molecular formula is C23H21N3O2. The lowest BCUT2D eigenvalue weighted by atomic mass is 10.00. The minimum absolute atomic E-state index is 0.674. The molecule has 2 aromatic carbocycles. The molecule has 0 N–H and O–H groups in total. The van der Waals surface area contributed by atoms with Gasteiger partial charge in [0.1, 0.15) is 0 Å². The van der Waals surface area contributed by atoms with Gasteiger partial charge in [0.05, 0.1) is 25.6 Å². The lowest BCUT2D eigenvalue weighted by molar-refractivity contribution is 0.356. The van der Waals surface area contributed by atoms with Crippen molar-refractivity contribution in [2.24, 2.45) is 0 Å². The van der Waals surface area contributed by atoms with E-state index in [-0.39, 0.29) is 0 Å². The van der Waals surface area contributed by atoms with Crippen LogP contribution in [0, 0.1) is 0 Å². The maximum absolute atomic E-state index is 5.53. The van der Waals surface area contributed by atoms with E-state index in [1.807, 2.05) is 42.5 Å². The second-order valence-electron chi connectivity index (χ2n) is 6.54. The molecular weight excluding hydrogens is 350 g/mol. The molecule has 0 aliphatic heterocycles. The Morgan fingerprint density at radius 2 is 1.18 bits per heavy atom. The van der Waals surface area contributed by atoms with Crippen molar-refractivity contribution in [2.45, 2.75) is 12.8 Å². The van der Waals surface area contributed by atoms with Gasteiger partial charge in [-0.3, -0.25) is 4.98 Å². The average molecular weight is 371 g/mol. The molecule has 4 aromatic rings. The fourth-order valence-corrected chi connectivity index (χ4v) is 3.33. The van der Waals surface area contributed by atoms with Crippen LogP contribution in [0.5, 0.6) is 11.5 Å². The number of fused-ring (bicyclic) bond motifs is 1. The molecule has 5 nitrogen and oxygen atoms in total. The largest absolute Gasteiger partial charge is 0.493 e. The first-order valence-electron chi connectivity index (χ1n) is 9.11. The van der Waals surface area contributed by atoms with Gasteiger partial charge in [-0.25, -0.2) is 0 Å². The van der Waals surface area contributed by atoms with E-state index in [1.165, 1.54) is 5.56 Å². The maximum Gasteiger partial charge on any atom is 0.161 e. The van der Waals surface area contributed by atoms with Crippen molar-refractivity contribution in [1.82, 2.24) is 15.2 Å². The fourth-order valence-electron chi connectivity index (χ4n) is 3.33. The second kappa shape index (κ2) is 8.05. The minimum atomic E-state index is 0.674. The van der Waals surface area contributed by atoms with Crippen LogP contribution in [0.1, 0.15) is 22.5 Å². The molecule has 0 fully saturated rings. The quantitative estimate of drug-likeness (QED) is 0.508. The Hall–Kier alpha value is -3.47. The zero-order chi connectivity index (χ0) is 19.3. The summed E-state index contributed by atoms with van der Waals surface area (Å²) >= 11 is 0. The molecule has 140 valence electrons. The first-order valence-corrected chi connectivity index (χ1v) is 9.11. The zero-order valence-electron chi connectivity index (χ0n) is 15.9. The summed E-state index contributed by atoms with van der Waals surface area (Å²) in [5, 5.41) is 11.2. The number of rotatable bonds is 6. The van der Waals surface area contributed by atoms with Crippen LogP contribution in [0.3, 0.4) is 0 Å². The molecule has 5 heteroatoms. The van der Waals surface area contributed by atoms with Crippen molar-refractivity contribution in [3.05, 3.63) is 89.5 Å². The number of methoxy groups -OCH3 is 2. The first kappa shape index (κ1) is 17.9. The summed E-state index contributed by atoms with van der Waals surface area (Å²) in [6, 6.07) is 18.2. The van der Waals surface area contributed by atoms with Crippen LogP contribution >= 0.6 is 0 Å². The van der Waals surface area contributed by atoms with Crippen LogP contribution in [0.25, 0.3) is 10.8 Å². The van der Waals surface area contributed by atoms with E-state index >= 15 is 0 Å². The number of aromatic nitrogens is 3. The molecule has 0 saturated carbocycles. The minimum Gasteiger partial charge on any atom is -0.493 e. The molecule has 0 saturated heterocycles. The SMILES string of the molecule is COc1cc2c(Cc3ccccc3)nnc(Cc3ccncc3)c2cc1OC. The molecule has 0 aliphatic rings. The van der Waals surface area contributed by atoms with Crippen LogP contribution in [-0.4, -0.2) is 29.4 Å². The lowest BCUT2D eigenvalue weighted by Crippen LogP contribution is -2.03. The molecule has 0 radical (unpaired) electrons. The highest BCUT2D eigenvalue weighted by Crippen LogP contribution is 2.35. The van der Waals surface area contributed by atoms with Gasteiger partial charge >= 0.3 is 0 Å². The maximum atomic E-state index is 5.53. The van der Waals surface area contributed by atoms with Crippen molar-refractivity contribution in [1.29, 1.82) is 0 Å². The molecule has 2 heterocycles. The van der Waals surface area contributed by atoms with Crippen LogP contribution in [-0.2, 0) is 12.8 Å². The normalized spacial score (nSPS) is 10.8. The summed E-state index contributed by atoms with van der Waals surface area (Å²) in [6.07, 6.45) is 4.96. The van der Waals surface area contributed by atoms with Crippen LogP contribution in [0.4, 0.5) is 0 Å². The van der Waals surface area contributed by atoms with E-state index in [1.54, 1.807) is 26.6 Å². The Labute approximate surface area is 164 Å². The summed E-state index contributed by atoms with van der Waals surface area (Å²) in [5.74, 6) is 1.37. The van der Waals surface area contributed by atoms with Gasteiger partial charge in [-0.2, -0.15) is 10.2 Å². The van der Waals surface area contributed by atoms with Gasteiger partial charge in [-0.15, -0.1) is 0 Å². The number of hydrogen-bond acceptors (Lipinski definition) is 5. The number of benzene rings is 2. The summed E-state index contributed by atoms with van der Waals surface area (Å²) in [6.45, 7) is 0. The zero-order valence-corrected chi connectivity index (χ0v) is 15.9. The molecule has 0 bridgehead atoms. The van der Waals surface area contributed by atoms with E-state index in [9.17, 15) is 0 Å². The molecule has 0 unspecified atom stereocenters. The molecule has 0 aliphatic carbocycles. The van der Waals surface area contributed by atoms with E-state index in [0.717, 1.165) is 27.7 Å². The lowest BCUT2D eigenvalue weighted by Gasteiger charge is -2.14. The Bertz CT molecular complexity index is 995. The number of hydrogen-bond donors (Lipinski definition) is 0. The smallest absolute Gasteiger partial charge is 0.161 e. The van der Waals surface area contributed by atoms with Gasteiger partial charge in [-0.05, 0) is 35.4 Å². The summed E-state index contributed by atoms with van der Waals surface area (Å²) in [7, 11) is 3.29. The Kier molecular flexibility index (Phi) is 5.15. The van der Waals surface area contributed by atoms with Crippen LogP contribution in [0.2, 0.25) is 0 Å². The highest BCUT2D eigenvalue weighted by Gasteiger charge is 2.15. The third-order valence-corrected chi connectivity index (χ3v) is 4.77. The Morgan fingerprint density at radius 1 is 0.679 bits per heavy atom. The number of nitrogens with zero attached hydrogens (tertiary/aromatic N) is 3. The van der Waals surface area contributed by atoms with E-state index in [0.29, 0.717) is 24.3 Å². The predicted molar refractivity (Wildman–Crippen MR) is 109 cm³/mol. The monoisotopic (exact) mass is 371 g/mol. The Balaban J connectivity index is 1.85. The average Bonchev–Trinajstić information content (AvgIpc) is 2.76. The molecule has 0 amide bonds. The van der Waals surface area contributed by atoms with Crippen LogP contribution in [0.15, 0.2) is 67.0 Å². The number of pyridine rings is 1. The van der Waals surface area contributed by atoms with Gasteiger partial charge in [0.2, 0.25) is 0 Å². The highest BCUT2D eigenvalue weighted by atomic mass is 16.5. The fraction of sp³-hybridized carbons (Fsp3) is 0.174. The van der Waals surface area contributed by atoms with Crippen molar-refractivity contribution >= 4 is 10.8 Å². The van der Waals surface area contributed by atoms with E-state index < -0.39 is 0 Å². The summed E-state index contributed by atoms with van der Waals surface area (Å²) < 4.78 is 11.1. The third-order valence-electron chi connectivity index (χ3n) is 4.77. The van der Waals surface area contributed by atoms with E-state index in [2.05, 4.69) is 27.3 Å². The summed E-state index contributed by atoms with van der Waals surface area (Å²) in [4.78, 5) is 4.09. The van der Waals surface area contributed by atoms with Crippen molar-refractivity contribution in [2.75, 3.05) is 14.2 Å². The topological polar surface area (TPSA) is 57.1 Å². The molecule has 0 atom stereocenters. The predicted octanol–water partition coefficient (Wildman–Crippen LogP) is 4.22. The van der Waals surface area contributed by atoms with Crippen molar-refractivity contribution in [3.8, 4) is 11.5 Å². The van der Waals surface area contributed by atoms with Gasteiger partial charge in [0.15, 0.2) is 11.5 Å². The second-order valence-corrected chi connectivity index (χ2v) is 6.54. The standard InChI is InChI=1S/C23H21N3O2/c1-27-22-14-18-19(15-23(22)28-2)21(13-17-8-10-24-11-9-17)26-25-20(18)12-16-6-4-3-5-7-16/h3-11,14-15H,12-13H2,1-2H3. The van der Waals surface area contributed by atoms with Gasteiger partial charge < -0.3 is 9.47 Å². The Morgan fingerprint density at radius 3 is 1.68 bits per heavy atom. The van der Waals surface area contributed by atoms with Gasteiger partial charge in [0, 0.05) is 36.0 Å². The molecule has 2 aromatic heterocycles. The van der Waals surface area contributed by atoms with E-state index in [4.69, 9.17) is 9.47 Å². The first-order chi connectivity index (χ1) is 13.8. The number of ether oxygens (including phenoxy) is 2. The van der Waals surface area contributed by atoms with Crippen molar-refractivity contribution in [3.63, 3.8) is 0 Å². The van der Waals surface area contributed by atoms with Gasteiger partial charge in [0.25, 0.3) is 0 Å². The molecule has 28 heavy (non-hydrogen) atoms. The molecule has 0 spiro atoms.